The first kappa shape index (κ1) is 105. The smallest absolute Gasteiger partial charge is 0.360 e. The number of methoxy groups -OCH3 is 2. The molecule has 1 saturated heterocycles. The van der Waals surface area contributed by atoms with Crippen molar-refractivity contribution in [1.29, 1.82) is 0 Å². The molecule has 2 aliphatic rings. The number of H-pyrrole nitrogens is 1. The Balaban J connectivity index is 1.09. The van der Waals surface area contributed by atoms with Crippen LogP contribution < -0.4 is 54.0 Å². The maximum absolute atomic E-state index is 15.5. The highest BCUT2D eigenvalue weighted by molar-refractivity contribution is 8.76. The molecule has 3 aromatic carbocycles. The fourth-order valence-corrected chi connectivity index (χ4v) is 16.5. The molecule has 9 amide bonds. The van der Waals surface area contributed by atoms with Crippen LogP contribution in [0.5, 0.6) is 5.75 Å². The number of allylic oxidation sites excluding steroid dienone is 10. The molecule has 15 atom stereocenters. The van der Waals surface area contributed by atoms with Crippen molar-refractivity contribution in [2.75, 3.05) is 32.3 Å². The number of para-hydroxylation sites is 1. The zero-order chi connectivity index (χ0) is 96.9. The van der Waals surface area contributed by atoms with E-state index in [-0.39, 0.29) is 79.7 Å². The number of amides is 9. The summed E-state index contributed by atoms with van der Waals surface area (Å²) in [6.45, 7) is 10.5. The molecule has 7 unspecified atom stereocenters. The SMILES string of the molecule is CC=CC(O)C(C)(C(=O)OC)C1CC=CC=CC=Cc2nc(co2)C(=O)OC(C(C)(C(=O)OC)C(C=CC)OC(=O)CCC(=O)N[C@H](Cc2ccccc2)C(=O)N[C@H]2CSSC[C@@H](C(=O)N[C@@H](C(N)=O)C(C)O)NC(=O)[C@H](C(C)C)NC(=O)[C@H](CCCCN)NC(=O)[C@@H](Cc3c[nH]c4ccccc34)NC(=O)[C@@H](Cc3ccc(O)cc3)NC2=O)CC=CC=CC=Cc2nc(co2)C(=O)O1. The van der Waals surface area contributed by atoms with Gasteiger partial charge in [-0.05, 0) is 107 Å². The van der Waals surface area contributed by atoms with Gasteiger partial charge in [0.05, 0.1) is 32.8 Å². The number of phenols is 1. The van der Waals surface area contributed by atoms with E-state index in [1.165, 1.54) is 112 Å². The molecule has 5 heterocycles. The van der Waals surface area contributed by atoms with Crippen molar-refractivity contribution in [2.24, 2.45) is 28.2 Å². The van der Waals surface area contributed by atoms with Crippen LogP contribution in [0.2, 0.25) is 0 Å². The lowest BCUT2D eigenvalue weighted by atomic mass is 9.76. The van der Waals surface area contributed by atoms with E-state index in [0.29, 0.717) is 40.4 Å². The molecule has 0 saturated carbocycles. The molecule has 712 valence electrons. The van der Waals surface area contributed by atoms with E-state index >= 15 is 19.2 Å². The number of aromatic hydroxyl groups is 1. The molecule has 0 aliphatic carbocycles. The minimum atomic E-state index is -2.13. The van der Waals surface area contributed by atoms with Crippen LogP contribution in [0.1, 0.15) is 143 Å². The van der Waals surface area contributed by atoms with Gasteiger partial charge in [0.2, 0.25) is 64.9 Å². The lowest BCUT2D eigenvalue weighted by Gasteiger charge is -2.38. The molecule has 37 nitrogen and oxygen atoms in total. The number of nitrogens with two attached hydrogens (primary N) is 2. The van der Waals surface area contributed by atoms with Gasteiger partial charge >= 0.3 is 29.8 Å². The van der Waals surface area contributed by atoms with Gasteiger partial charge in [-0.1, -0.05) is 175 Å². The molecule has 0 radical (unpaired) electrons. The number of nitrogens with one attached hydrogen (secondary N) is 9. The van der Waals surface area contributed by atoms with E-state index in [1.54, 1.807) is 119 Å². The second-order valence-electron chi connectivity index (χ2n) is 32.0. The summed E-state index contributed by atoms with van der Waals surface area (Å²) in [6.07, 6.45) is 18.2. The number of aliphatic hydroxyl groups is 2. The van der Waals surface area contributed by atoms with Crippen molar-refractivity contribution in [3.05, 3.63) is 223 Å². The van der Waals surface area contributed by atoms with Crippen molar-refractivity contribution < 1.29 is 115 Å². The van der Waals surface area contributed by atoms with Crippen LogP contribution in [-0.4, -0.2) is 224 Å². The minimum Gasteiger partial charge on any atom is -0.508 e. The third-order valence-electron chi connectivity index (χ3n) is 21.8. The molecule has 2 aliphatic heterocycles. The summed E-state index contributed by atoms with van der Waals surface area (Å²) in [5.41, 5.74) is 9.04. The molecule has 16 N–H and O–H groups in total. The molecule has 1 fully saturated rings. The van der Waals surface area contributed by atoms with Crippen molar-refractivity contribution in [1.82, 2.24) is 57.5 Å². The number of hydrogen-bond acceptors (Lipinski definition) is 29. The first-order valence-corrected chi connectivity index (χ1v) is 45.5. The Labute approximate surface area is 776 Å². The van der Waals surface area contributed by atoms with Crippen LogP contribution in [0.15, 0.2) is 191 Å². The van der Waals surface area contributed by atoms with Crippen LogP contribution >= 0.6 is 21.6 Å². The fraction of sp³-hybridized carbons (Fsp3) is 0.404. The van der Waals surface area contributed by atoms with Gasteiger partial charge in [0.1, 0.15) is 95.8 Å². The zero-order valence-corrected chi connectivity index (χ0v) is 76.7. The third kappa shape index (κ3) is 30.5. The third-order valence-corrected chi connectivity index (χ3v) is 24.3. The summed E-state index contributed by atoms with van der Waals surface area (Å²) in [4.78, 5) is 214. The Morgan fingerprint density at radius 3 is 1.77 bits per heavy atom. The number of unbranched alkanes of at least 4 members (excludes halogenated alkanes) is 1. The Bertz CT molecular complexity index is 5290. The van der Waals surface area contributed by atoms with Crippen LogP contribution in [0.25, 0.3) is 23.1 Å². The van der Waals surface area contributed by atoms with E-state index in [0.717, 1.165) is 48.3 Å². The summed E-state index contributed by atoms with van der Waals surface area (Å²) >= 11 is 0. The number of primary amides is 1. The van der Waals surface area contributed by atoms with Gasteiger partial charge in [-0.2, -0.15) is 0 Å². The maximum Gasteiger partial charge on any atom is 0.360 e. The minimum absolute atomic E-state index is 0.0205. The Kier molecular flexibility index (Phi) is 40.9. The van der Waals surface area contributed by atoms with Gasteiger partial charge in [0.25, 0.3) is 0 Å². The Morgan fingerprint density at radius 2 is 1.18 bits per heavy atom. The second kappa shape index (κ2) is 51.9. The zero-order valence-electron chi connectivity index (χ0n) is 75.0. The van der Waals surface area contributed by atoms with Crippen LogP contribution in [0.3, 0.4) is 0 Å². The highest BCUT2D eigenvalue weighted by Gasteiger charge is 2.53. The number of aromatic nitrogens is 3. The number of aliphatic hydroxyl groups excluding tert-OH is 2. The van der Waals surface area contributed by atoms with Crippen molar-refractivity contribution >= 4 is 128 Å². The number of oxazole rings is 2. The molecule has 39 heteroatoms. The number of ether oxygens (including phenoxy) is 5. The molecule has 133 heavy (non-hydrogen) atoms. The predicted molar refractivity (Wildman–Crippen MR) is 493 cm³/mol. The number of carbonyl (C=O) groups excluding carboxylic acids is 14. The van der Waals surface area contributed by atoms with Crippen LogP contribution in [-0.2, 0) is 100 Å². The molecule has 4 bridgehead atoms. The van der Waals surface area contributed by atoms with Crippen molar-refractivity contribution in [2.45, 2.75) is 192 Å². The van der Waals surface area contributed by atoms with Gasteiger partial charge in [0, 0.05) is 79.3 Å². The fourth-order valence-electron chi connectivity index (χ4n) is 14.2. The highest BCUT2D eigenvalue weighted by Crippen LogP contribution is 2.38. The first-order valence-electron chi connectivity index (χ1n) is 43.0. The second-order valence-corrected chi connectivity index (χ2v) is 34.5. The van der Waals surface area contributed by atoms with Gasteiger partial charge < -0.3 is 107 Å². The van der Waals surface area contributed by atoms with E-state index in [4.69, 9.17) is 44.0 Å². The van der Waals surface area contributed by atoms with Crippen LogP contribution in [0, 0.1) is 16.7 Å². The van der Waals surface area contributed by atoms with E-state index < -0.39 is 197 Å². The Hall–Kier alpha value is -13.5. The van der Waals surface area contributed by atoms with Gasteiger partial charge in [-0.3, -0.25) is 57.5 Å². The number of carbonyl (C=O) groups is 14. The summed E-state index contributed by atoms with van der Waals surface area (Å²) in [6, 6.07) is 8.65. The van der Waals surface area contributed by atoms with Gasteiger partial charge in [-0.15, -0.1) is 0 Å². The Morgan fingerprint density at radius 1 is 0.624 bits per heavy atom. The summed E-state index contributed by atoms with van der Waals surface area (Å²) in [7, 11) is 3.95. The van der Waals surface area contributed by atoms with Crippen molar-refractivity contribution in [3.63, 3.8) is 0 Å². The number of esters is 5. The number of phenolic OH excluding ortho intramolecular Hbond substituents is 1. The first-order chi connectivity index (χ1) is 63.6. The van der Waals surface area contributed by atoms with E-state index in [9.17, 15) is 63.3 Å². The van der Waals surface area contributed by atoms with E-state index in [1.807, 2.05) is 0 Å². The predicted octanol–water partition coefficient (Wildman–Crippen LogP) is 5.86. The normalized spacial score (nSPS) is 21.2. The average molecular weight is 1880 g/mol. The highest BCUT2D eigenvalue weighted by atomic mass is 33.1. The quantitative estimate of drug-likeness (QED) is 0.00825. The topological polar surface area (TPSA) is 562 Å². The van der Waals surface area contributed by atoms with Crippen LogP contribution in [0.4, 0.5) is 0 Å². The summed E-state index contributed by atoms with van der Waals surface area (Å²) in [5, 5.41) is 54.4. The number of benzene rings is 3. The molecule has 3 aromatic heterocycles. The number of nitrogens with zero attached hydrogens (tertiary/aromatic N) is 2. The number of cyclic esters (lactones) is 2. The van der Waals surface area contributed by atoms with Crippen molar-refractivity contribution in [3.8, 4) is 5.75 Å². The van der Waals surface area contributed by atoms with Gasteiger partial charge in [0.15, 0.2) is 11.4 Å². The molecule has 6 aromatic rings. The summed E-state index contributed by atoms with van der Waals surface area (Å²) in [5.74, 6) is -15.5. The lowest BCUT2D eigenvalue weighted by molar-refractivity contribution is -0.176. The molecule has 8 rings (SSSR count). The number of fused-ring (bicyclic) bond motifs is 5. The molecular formula is C94H115N13O24S2. The number of hydrogen-bond donors (Lipinski definition) is 14. The van der Waals surface area contributed by atoms with Gasteiger partial charge in [-0.25, -0.2) is 19.6 Å². The average Bonchev–Trinajstić information content (AvgIpc) is 0.974. The van der Waals surface area contributed by atoms with E-state index in [2.05, 4.69) is 57.5 Å². The summed E-state index contributed by atoms with van der Waals surface area (Å²) < 4.78 is 39.7. The largest absolute Gasteiger partial charge is 0.508 e. The number of aromatic amines is 1. The monoisotopic (exact) mass is 1870 g/mol. The molecule has 0 spiro atoms. The standard InChI is InChI=1S/C94H115N13O24S2/c1-10-29-71(110)93(6,91(123)125-8)73-36-21-14-12-16-23-39-77-100-68(52-128-77)90(122)131-74(37-22-15-13-17-24-38-76-99-67(51-127-76)89(121)130-73)94(7,92(124)126-9)72(30-11-2)129-78(112)45-44-75(111)98-64(47-57-31-19-18-20-32-57)83(115)104-69-53-132-133-54-70(87(119)107-80(56(5)108)81(96)113)105-88(120)79(55(3)4)106-82(114)63(35-27-28-46-95)101-85(117)66(49-59-50-97-62-34-26-25-33-61(59)62)103-84(116)65(102-86(69)118)48-58-40-42-60(109)43-41-58/h10-26,29-34,38-43,50-52,55-56,63-66,69-74,79-80,97,108-110H,27-28,35-37,44-49,53-54,95H2,1-9H3,(H2,96,113)(H,98,111)(H,101,117)(H,102,118)(H,103,116)(H,104,115)(H,105,120)(H,106,114)(H,107,119)/t56?,63-,64+,65+,66+,69-,70-,71?,72?,73?,74?,79-,80+,93?,94?/m0/s1. The maximum atomic E-state index is 15.5. The number of rotatable bonds is 30. The lowest BCUT2D eigenvalue weighted by Crippen LogP contribution is -2.62. The molecular weight excluding hydrogens is 1760 g/mol.